The van der Waals surface area contributed by atoms with Gasteiger partial charge in [0, 0.05) is 141 Å². The summed E-state index contributed by atoms with van der Waals surface area (Å²) in [6, 6.07) is 184. The molecule has 17 aromatic carbocycles. The smallest absolute Gasteiger partial charge is 0.0957 e. The van der Waals surface area contributed by atoms with Crippen LogP contribution in [-0.4, -0.2) is 42.3 Å². The molecule has 0 saturated heterocycles. The van der Waals surface area contributed by atoms with Gasteiger partial charge in [-0.15, -0.1) is 90.7 Å². The van der Waals surface area contributed by atoms with Crippen LogP contribution in [0, 0.1) is 0 Å². The minimum absolute atomic E-state index is 1.21. The number of rotatable bonds is 20. The topological polar surface area (TPSA) is 19.4 Å². The van der Waals surface area contributed by atoms with E-state index in [0.29, 0.717) is 0 Å². The summed E-state index contributed by atoms with van der Waals surface area (Å²) in [6.07, 6.45) is 0. The molecule has 0 fully saturated rings. The molecule has 8 heterocycles. The molecule has 25 rings (SSSR count). The monoisotopic (exact) mass is 2000 g/mol. The van der Waals surface area contributed by atoms with Crippen LogP contribution in [-0.2, 0) is 0 Å². The molecule has 0 bridgehead atoms. The first-order chi connectivity index (χ1) is 70.9. The van der Waals surface area contributed by atoms with Gasteiger partial charge < -0.3 is 29.4 Å². The molecule has 0 N–H and O–H groups in total. The molecule has 6 nitrogen and oxygen atoms in total. The SMILES string of the molecule is CN(c1ccc(-c2ccc(-c3ccccc3)s2)s1)c1cccc2ccccc12.CN(c1ccc(-c2cccc3ccccc23)s1)c1cccc2ccccc12.CN(c1ccc(-c2ccccc2)s1)c1cccc2ccccc12.CN(c1ccccc1)c1ccc(-c2ccc(-c3ccccc3)s2)s1.CN(c1ccccc1)c1ccc(-c2cccc3ccccc23)s1.CN(c1ccccc1)c1ccc(-c2ccccc2)s1. The molecule has 144 heavy (non-hydrogen) atoms. The van der Waals surface area contributed by atoms with Crippen molar-refractivity contribution in [2.45, 2.75) is 0 Å². The number of fused-ring (bicyclic) bond motifs is 5. The fraction of sp³-hybridized carbons (Fsp3) is 0.0462. The highest BCUT2D eigenvalue weighted by molar-refractivity contribution is 7.26. The van der Waals surface area contributed by atoms with E-state index in [9.17, 15) is 0 Å². The highest BCUT2D eigenvalue weighted by Gasteiger charge is 2.20. The lowest BCUT2D eigenvalue weighted by molar-refractivity contribution is 1.24. The Balaban J connectivity index is 0.000000106. The normalized spacial score (nSPS) is 10.8. The maximum absolute atomic E-state index is 2.29. The number of nitrogens with zero attached hydrogens (tertiary/aromatic N) is 6. The zero-order chi connectivity index (χ0) is 97.9. The minimum atomic E-state index is 1.21. The first kappa shape index (κ1) is 96.0. The molecule has 8 aromatic heterocycles. The average molecular weight is 2010 g/mol. The first-order valence-electron chi connectivity index (χ1n) is 47.9. The predicted molar refractivity (Wildman–Crippen MR) is 640 cm³/mol. The van der Waals surface area contributed by atoms with E-state index in [2.05, 4.69) is 569 Å². The Kier molecular flexibility index (Phi) is 30.7. The van der Waals surface area contributed by atoms with Gasteiger partial charge >= 0.3 is 0 Å². The Labute approximate surface area is 876 Å². The van der Waals surface area contributed by atoms with Crippen molar-refractivity contribution in [3.63, 3.8) is 0 Å². The lowest BCUT2D eigenvalue weighted by atomic mass is 10.0. The van der Waals surface area contributed by atoms with Crippen LogP contribution in [0.25, 0.3) is 136 Å². The van der Waals surface area contributed by atoms with Crippen molar-refractivity contribution in [1.29, 1.82) is 0 Å². The van der Waals surface area contributed by atoms with E-state index in [-0.39, 0.29) is 0 Å². The highest BCUT2D eigenvalue weighted by atomic mass is 32.1. The summed E-state index contributed by atoms with van der Waals surface area (Å²) in [6.45, 7) is 0. The number of hydrogen-bond donors (Lipinski definition) is 0. The van der Waals surface area contributed by atoms with Crippen molar-refractivity contribution in [3.8, 4) is 82.2 Å². The zero-order valence-electron chi connectivity index (χ0n) is 80.6. The van der Waals surface area contributed by atoms with Crippen molar-refractivity contribution < 1.29 is 0 Å². The van der Waals surface area contributed by atoms with Crippen LogP contribution >= 0.6 is 90.7 Å². The van der Waals surface area contributed by atoms with Gasteiger partial charge in [0.25, 0.3) is 0 Å². The number of hydrogen-bond acceptors (Lipinski definition) is 14. The minimum Gasteiger partial charge on any atom is -0.336 e. The lowest BCUT2D eigenvalue weighted by Gasteiger charge is -2.19. The van der Waals surface area contributed by atoms with Gasteiger partial charge in [0.15, 0.2) is 0 Å². The summed E-state index contributed by atoms with van der Waals surface area (Å²) in [7, 11) is 12.8. The van der Waals surface area contributed by atoms with Crippen LogP contribution in [0.4, 0.5) is 64.1 Å². The van der Waals surface area contributed by atoms with Gasteiger partial charge in [-0.05, 0) is 223 Å². The van der Waals surface area contributed by atoms with Gasteiger partial charge in [0.2, 0.25) is 0 Å². The maximum Gasteiger partial charge on any atom is 0.0957 e. The highest BCUT2D eigenvalue weighted by Crippen LogP contribution is 2.48. The molecule has 0 unspecified atom stereocenters. The molecule has 0 amide bonds. The van der Waals surface area contributed by atoms with Gasteiger partial charge in [-0.1, -0.05) is 370 Å². The third kappa shape index (κ3) is 22.5. The standard InChI is InChI=1S/C25H19NS2.C25H19NS.C21H17NS2.2C21H17NS.C17H15NS/c1-26(21-13-7-11-18-8-5-6-12-20(18)21)25-17-16-24(28-25)23-15-14-22(27-23)19-9-3-2-4-10-19;1-26(23-15-7-11-19-9-3-5-13-21(19)23)25-17-16-24(27-25)22-14-6-10-18-8-2-4-12-20(18)22;1-22(17-10-6-3-7-11-17)21-15-14-20(24-21)19-13-12-18(23-19)16-8-4-2-5-9-16;1-22(17-10-3-2-4-11-17)21-15-14-20(23-21)19-13-7-9-16-8-5-6-12-18(16)19;1-22(19-13-7-11-16-8-5-6-12-18(16)19)21-15-14-20(23-21)17-9-3-2-4-10-17;1-18(15-10-6-3-7-11-15)17-13-12-16(19-17)14-8-4-2-5-9-14/h2-17H,1H3;2-17H,1H3;2-15H,1H3;2*2-15H,1H3;2-13H,1H3. The largest absolute Gasteiger partial charge is 0.336 e. The van der Waals surface area contributed by atoms with Crippen molar-refractivity contribution in [2.75, 3.05) is 71.7 Å². The number of para-hydroxylation sites is 3. The summed E-state index contributed by atoms with van der Waals surface area (Å²) >= 11 is 14.7. The predicted octanol–water partition coefficient (Wildman–Crippen LogP) is 40.3. The van der Waals surface area contributed by atoms with E-state index in [0.717, 1.165) is 0 Å². The van der Waals surface area contributed by atoms with Crippen molar-refractivity contribution >= 4 is 209 Å². The van der Waals surface area contributed by atoms with E-state index >= 15 is 0 Å². The van der Waals surface area contributed by atoms with Crippen LogP contribution in [0.2, 0.25) is 0 Å². The van der Waals surface area contributed by atoms with Gasteiger partial charge in [-0.3, -0.25) is 0 Å². The molecule has 0 aliphatic carbocycles. The Bertz CT molecular complexity index is 8450. The fourth-order valence-corrected chi connectivity index (χ4v) is 25.9. The quantitative estimate of drug-likeness (QED) is 0.0752. The second-order valence-corrected chi connectivity index (χ2v) is 43.1. The van der Waals surface area contributed by atoms with E-state index < -0.39 is 0 Å². The maximum atomic E-state index is 2.29. The molecular formula is C130H104N6S8. The van der Waals surface area contributed by atoms with E-state index in [4.69, 9.17) is 0 Å². The van der Waals surface area contributed by atoms with E-state index in [1.165, 1.54) is 200 Å². The summed E-state index contributed by atoms with van der Waals surface area (Å²) in [5, 5.41) is 20.4. The van der Waals surface area contributed by atoms with Crippen molar-refractivity contribution in [2.24, 2.45) is 0 Å². The van der Waals surface area contributed by atoms with Gasteiger partial charge in [-0.25, -0.2) is 0 Å². The van der Waals surface area contributed by atoms with Crippen LogP contribution in [0.3, 0.4) is 0 Å². The second kappa shape index (κ2) is 46.0. The average Bonchev–Trinajstić information content (AvgIpc) is 1.57. The summed E-state index contributed by atoms with van der Waals surface area (Å²) < 4.78 is 0. The second-order valence-electron chi connectivity index (χ2n) is 34.5. The van der Waals surface area contributed by atoms with Gasteiger partial charge in [-0.2, -0.15) is 0 Å². The summed E-state index contributed by atoms with van der Waals surface area (Å²) in [4.78, 5) is 26.7. The van der Waals surface area contributed by atoms with Crippen molar-refractivity contribution in [3.05, 3.63) is 522 Å². The van der Waals surface area contributed by atoms with Crippen LogP contribution < -0.4 is 29.4 Å². The Hall–Kier alpha value is -15.6. The van der Waals surface area contributed by atoms with Gasteiger partial charge in [0.1, 0.15) is 0 Å². The number of benzene rings is 17. The van der Waals surface area contributed by atoms with Crippen LogP contribution in [0.1, 0.15) is 0 Å². The Morgan fingerprint density at radius 3 is 0.597 bits per heavy atom. The number of anilines is 12. The van der Waals surface area contributed by atoms with E-state index in [1.807, 2.05) is 115 Å². The third-order valence-corrected chi connectivity index (χ3v) is 35.2. The molecule has 0 radical (unpaired) electrons. The Morgan fingerprint density at radius 1 is 0.125 bits per heavy atom. The molecule has 14 heteroatoms. The third-order valence-electron chi connectivity index (χ3n) is 25.4. The molecule has 0 atom stereocenters. The fourth-order valence-electron chi connectivity index (χ4n) is 17.6. The molecule has 0 saturated carbocycles. The molecular weight excluding hydrogens is 1900 g/mol. The molecule has 0 spiro atoms. The molecule has 702 valence electrons. The molecule has 0 aliphatic heterocycles. The van der Waals surface area contributed by atoms with E-state index in [1.54, 1.807) is 0 Å². The van der Waals surface area contributed by atoms with Crippen LogP contribution in [0.5, 0.6) is 0 Å². The van der Waals surface area contributed by atoms with Crippen molar-refractivity contribution in [1.82, 2.24) is 0 Å². The summed E-state index contributed by atoms with van der Waals surface area (Å²) in [5.74, 6) is 0. The Morgan fingerprint density at radius 2 is 0.306 bits per heavy atom. The van der Waals surface area contributed by atoms with Gasteiger partial charge in [0.05, 0.1) is 30.0 Å². The first-order valence-corrected chi connectivity index (χ1v) is 54.4. The summed E-state index contributed by atoms with van der Waals surface area (Å²) in [5.41, 5.74) is 15.1. The lowest BCUT2D eigenvalue weighted by Crippen LogP contribution is -2.07. The number of thiophene rings is 8. The molecule has 25 aromatic rings. The molecule has 0 aliphatic rings. The zero-order valence-corrected chi connectivity index (χ0v) is 87.1. The van der Waals surface area contributed by atoms with Crippen LogP contribution in [0.15, 0.2) is 522 Å².